The highest BCUT2D eigenvalue weighted by atomic mass is 35.5. The van der Waals surface area contributed by atoms with Gasteiger partial charge < -0.3 is 9.80 Å². The topological polar surface area (TPSA) is 64.2 Å². The number of carbonyl (C=O) groups excluding carboxylic acids is 1. The summed E-state index contributed by atoms with van der Waals surface area (Å²) in [6, 6.07) is 9.76. The Morgan fingerprint density at radius 2 is 1.74 bits per heavy atom. The van der Waals surface area contributed by atoms with Crippen molar-refractivity contribution in [2.45, 2.75) is 24.7 Å². The third-order valence-electron chi connectivity index (χ3n) is 7.15. The molecule has 2 atom stereocenters. The largest absolute Gasteiger partial charge is 0.419 e. The number of likely N-dealkylation sites (tertiary alicyclic amines) is 1. The van der Waals surface area contributed by atoms with Crippen LogP contribution < -0.4 is 0 Å². The van der Waals surface area contributed by atoms with Gasteiger partial charge in [0.25, 0.3) is 0 Å². The van der Waals surface area contributed by atoms with Crippen molar-refractivity contribution in [2.24, 2.45) is 0 Å². The summed E-state index contributed by atoms with van der Waals surface area (Å²) < 4.78 is 78.1. The summed E-state index contributed by atoms with van der Waals surface area (Å²) in [5.74, 6) is -1.48. The van der Waals surface area contributed by atoms with Crippen molar-refractivity contribution in [3.8, 4) is 0 Å². The van der Waals surface area contributed by atoms with Gasteiger partial charge in [-0.1, -0.05) is 29.8 Å². The number of nitrogens with zero attached hydrogens (tertiary/aromatic N) is 4. The standard InChI is InChI=1S/C25H29ClF4N4O3S/c1-31(14-17-6-7-21(22(27)12-17)25(28,29)30)23-16-33(15-20(23)18-4-3-5-19(26)13-18)24(35)32-8-10-34(11-9-32)38(2,36)37/h3-7,12-13,20,23H,8-11,14-16H2,1-2H3. The molecule has 0 saturated carbocycles. The number of likely N-dealkylation sites (N-methyl/N-ethyl adjacent to an activating group) is 1. The second-order valence-corrected chi connectivity index (χ2v) is 12.2. The molecule has 0 spiro atoms. The van der Waals surface area contributed by atoms with E-state index in [1.807, 2.05) is 23.1 Å². The Morgan fingerprint density at radius 3 is 2.32 bits per heavy atom. The number of sulfonamides is 1. The van der Waals surface area contributed by atoms with Crippen LogP contribution in [0.5, 0.6) is 0 Å². The number of benzene rings is 2. The highest BCUT2D eigenvalue weighted by Gasteiger charge is 2.41. The third-order valence-corrected chi connectivity index (χ3v) is 8.69. The van der Waals surface area contributed by atoms with Crippen LogP contribution in [0.25, 0.3) is 0 Å². The van der Waals surface area contributed by atoms with Gasteiger partial charge in [-0.2, -0.15) is 17.5 Å². The highest BCUT2D eigenvalue weighted by molar-refractivity contribution is 7.88. The molecule has 7 nitrogen and oxygen atoms in total. The number of amides is 2. The molecular formula is C25H29ClF4N4O3S. The molecule has 2 heterocycles. The lowest BCUT2D eigenvalue weighted by Gasteiger charge is -2.35. The molecule has 0 aromatic heterocycles. The van der Waals surface area contributed by atoms with Crippen molar-refractivity contribution >= 4 is 27.7 Å². The van der Waals surface area contributed by atoms with Crippen molar-refractivity contribution < 1.29 is 30.8 Å². The Kier molecular flexibility index (Phi) is 8.27. The lowest BCUT2D eigenvalue weighted by molar-refractivity contribution is -0.140. The van der Waals surface area contributed by atoms with E-state index in [0.717, 1.165) is 24.0 Å². The van der Waals surface area contributed by atoms with Crippen LogP contribution in [-0.2, 0) is 22.7 Å². The summed E-state index contributed by atoms with van der Waals surface area (Å²) in [6.07, 6.45) is -3.63. The van der Waals surface area contributed by atoms with Gasteiger partial charge in [0.05, 0.1) is 11.8 Å². The first kappa shape index (κ1) is 28.6. The van der Waals surface area contributed by atoms with Gasteiger partial charge in [-0.05, 0) is 42.4 Å². The zero-order valence-electron chi connectivity index (χ0n) is 21.0. The Balaban J connectivity index is 1.52. The number of alkyl halides is 3. The molecule has 2 aromatic rings. The maximum Gasteiger partial charge on any atom is 0.419 e. The first-order valence-corrected chi connectivity index (χ1v) is 14.3. The van der Waals surface area contributed by atoms with Crippen LogP contribution in [0.3, 0.4) is 0 Å². The molecule has 13 heteroatoms. The van der Waals surface area contributed by atoms with Crippen molar-refractivity contribution in [1.29, 1.82) is 0 Å². The lowest BCUT2D eigenvalue weighted by Crippen LogP contribution is -2.53. The number of carbonyl (C=O) groups is 1. The van der Waals surface area contributed by atoms with E-state index in [0.29, 0.717) is 23.7 Å². The SMILES string of the molecule is CN(Cc1ccc(C(F)(F)F)c(F)c1)C1CN(C(=O)N2CCN(S(C)(=O)=O)CC2)CC1c1cccc(Cl)c1. The first-order chi connectivity index (χ1) is 17.7. The monoisotopic (exact) mass is 576 g/mol. The zero-order chi connectivity index (χ0) is 27.8. The summed E-state index contributed by atoms with van der Waals surface area (Å²) in [4.78, 5) is 18.6. The summed E-state index contributed by atoms with van der Waals surface area (Å²) in [5, 5.41) is 0.537. The second kappa shape index (κ2) is 11.0. The van der Waals surface area contributed by atoms with Crippen LogP contribution in [0.4, 0.5) is 22.4 Å². The van der Waals surface area contributed by atoms with Gasteiger partial charge in [0.1, 0.15) is 5.82 Å². The van der Waals surface area contributed by atoms with Gasteiger partial charge in [0.15, 0.2) is 0 Å². The van der Waals surface area contributed by atoms with Crippen LogP contribution >= 0.6 is 11.6 Å². The zero-order valence-corrected chi connectivity index (χ0v) is 22.5. The van der Waals surface area contributed by atoms with Gasteiger partial charge in [-0.15, -0.1) is 0 Å². The van der Waals surface area contributed by atoms with Crippen LogP contribution in [-0.4, -0.2) is 92.1 Å². The van der Waals surface area contributed by atoms with Gasteiger partial charge in [-0.3, -0.25) is 4.90 Å². The molecule has 2 aliphatic heterocycles. The molecule has 0 radical (unpaired) electrons. The summed E-state index contributed by atoms with van der Waals surface area (Å²) in [6.45, 7) is 1.87. The Bertz CT molecular complexity index is 1290. The van der Waals surface area contributed by atoms with E-state index >= 15 is 0 Å². The molecule has 2 amide bonds. The van der Waals surface area contributed by atoms with Gasteiger partial charge in [0.2, 0.25) is 10.0 Å². The minimum atomic E-state index is -4.77. The van der Waals surface area contributed by atoms with Gasteiger partial charge >= 0.3 is 12.2 Å². The number of piperazine rings is 1. The number of hydrogen-bond acceptors (Lipinski definition) is 4. The molecule has 2 unspecified atom stereocenters. The lowest BCUT2D eigenvalue weighted by atomic mass is 9.93. The first-order valence-electron chi connectivity index (χ1n) is 12.0. The van der Waals surface area contributed by atoms with Crippen molar-refractivity contribution in [2.75, 3.05) is 52.6 Å². The van der Waals surface area contributed by atoms with Gasteiger partial charge in [-0.25, -0.2) is 17.6 Å². The van der Waals surface area contributed by atoms with Crippen LogP contribution in [0.15, 0.2) is 42.5 Å². The predicted octanol–water partition coefficient (Wildman–Crippen LogP) is 4.09. The van der Waals surface area contributed by atoms with Crippen LogP contribution in [0.1, 0.15) is 22.6 Å². The van der Waals surface area contributed by atoms with Crippen LogP contribution in [0, 0.1) is 5.82 Å². The third kappa shape index (κ3) is 6.41. The number of urea groups is 1. The maximum absolute atomic E-state index is 14.2. The number of halogens is 5. The molecule has 208 valence electrons. The molecule has 2 fully saturated rings. The average Bonchev–Trinajstić information content (AvgIpc) is 3.28. The fraction of sp³-hybridized carbons (Fsp3) is 0.480. The molecule has 2 aromatic carbocycles. The normalized spacial score (nSPS) is 21.4. The fourth-order valence-corrected chi connectivity index (χ4v) is 6.18. The van der Waals surface area contributed by atoms with Gasteiger partial charge in [0, 0.05) is 62.8 Å². The minimum absolute atomic E-state index is 0.153. The molecule has 0 aliphatic carbocycles. The van der Waals surface area contributed by atoms with E-state index in [1.165, 1.54) is 10.4 Å². The fourth-order valence-electron chi connectivity index (χ4n) is 5.16. The number of hydrogen-bond donors (Lipinski definition) is 0. The number of rotatable bonds is 5. The predicted molar refractivity (Wildman–Crippen MR) is 136 cm³/mol. The molecule has 38 heavy (non-hydrogen) atoms. The highest BCUT2D eigenvalue weighted by Crippen LogP contribution is 2.35. The molecular weight excluding hydrogens is 548 g/mol. The van der Waals surface area contributed by atoms with Crippen molar-refractivity contribution in [3.05, 3.63) is 70.0 Å². The maximum atomic E-state index is 14.2. The molecule has 2 aliphatic rings. The van der Waals surface area contributed by atoms with E-state index in [9.17, 15) is 30.8 Å². The molecule has 4 rings (SSSR count). The van der Waals surface area contributed by atoms with E-state index in [4.69, 9.17) is 11.6 Å². The van der Waals surface area contributed by atoms with Crippen LogP contribution in [0.2, 0.25) is 5.02 Å². The second-order valence-electron chi connectivity index (χ2n) is 9.79. The summed E-state index contributed by atoms with van der Waals surface area (Å²) in [7, 11) is -1.54. The molecule has 0 N–H and O–H groups in total. The van der Waals surface area contributed by atoms with E-state index in [2.05, 4.69) is 0 Å². The van der Waals surface area contributed by atoms with Crippen molar-refractivity contribution in [1.82, 2.24) is 19.0 Å². The molecule has 2 saturated heterocycles. The summed E-state index contributed by atoms with van der Waals surface area (Å²) >= 11 is 6.23. The molecule has 0 bridgehead atoms. The van der Waals surface area contributed by atoms with Crippen molar-refractivity contribution in [3.63, 3.8) is 0 Å². The smallest absolute Gasteiger partial charge is 0.322 e. The van der Waals surface area contributed by atoms with E-state index < -0.39 is 27.6 Å². The summed E-state index contributed by atoms with van der Waals surface area (Å²) in [5.41, 5.74) is -0.0241. The average molecular weight is 577 g/mol. The quantitative estimate of drug-likeness (QED) is 0.503. The Morgan fingerprint density at radius 1 is 1.05 bits per heavy atom. The van der Waals surface area contributed by atoms with E-state index in [1.54, 1.807) is 22.9 Å². The Hall–Kier alpha value is -2.41. The Labute approximate surface area is 224 Å². The van der Waals surface area contributed by atoms with E-state index in [-0.39, 0.29) is 50.7 Å². The minimum Gasteiger partial charge on any atom is -0.322 e.